The Balaban J connectivity index is 1.67. The highest BCUT2D eigenvalue weighted by Gasteiger charge is 2.42. The molecule has 0 radical (unpaired) electrons. The zero-order valence-corrected chi connectivity index (χ0v) is 12.2. The van der Waals surface area contributed by atoms with Crippen LogP contribution in [0.3, 0.4) is 0 Å². The molecule has 108 valence electrons. The highest BCUT2D eigenvalue weighted by atomic mass is 15.3. The summed E-state index contributed by atoms with van der Waals surface area (Å²) < 4.78 is 2.12. The van der Waals surface area contributed by atoms with Crippen molar-refractivity contribution in [3.63, 3.8) is 0 Å². The Kier molecular flexibility index (Phi) is 3.48. The van der Waals surface area contributed by atoms with Crippen molar-refractivity contribution in [2.45, 2.75) is 63.8 Å². The minimum Gasteiger partial charge on any atom is -0.315 e. The summed E-state index contributed by atoms with van der Waals surface area (Å²) in [5.74, 6) is 1.04. The average molecular weight is 274 g/mol. The SMILES string of the molecule is CC(C)NC1(C#N)CCC(N2CCn3cnnc3C2)C1. The summed E-state index contributed by atoms with van der Waals surface area (Å²) in [4.78, 5) is 2.46. The maximum Gasteiger partial charge on any atom is 0.147 e. The third-order valence-corrected chi connectivity index (χ3v) is 4.45. The maximum absolute atomic E-state index is 9.55. The van der Waals surface area contributed by atoms with E-state index in [-0.39, 0.29) is 5.54 Å². The molecule has 0 bridgehead atoms. The van der Waals surface area contributed by atoms with Gasteiger partial charge in [-0.1, -0.05) is 0 Å². The number of nitrogens with one attached hydrogen (secondary N) is 1. The molecule has 1 aliphatic heterocycles. The van der Waals surface area contributed by atoms with Gasteiger partial charge in [0.1, 0.15) is 17.7 Å². The summed E-state index contributed by atoms with van der Waals surface area (Å²) in [5.41, 5.74) is -0.343. The molecule has 1 fully saturated rings. The molecule has 2 atom stereocenters. The molecule has 1 aromatic heterocycles. The molecule has 2 aliphatic rings. The van der Waals surface area contributed by atoms with Gasteiger partial charge in [-0.3, -0.25) is 10.2 Å². The Bertz CT molecular complexity index is 516. The fraction of sp³-hybridized carbons (Fsp3) is 0.786. The predicted molar refractivity (Wildman–Crippen MR) is 74.7 cm³/mol. The zero-order chi connectivity index (χ0) is 14.2. The Hall–Kier alpha value is -1.45. The summed E-state index contributed by atoms with van der Waals surface area (Å²) in [7, 11) is 0. The first-order chi connectivity index (χ1) is 9.62. The molecule has 0 aromatic carbocycles. The number of rotatable bonds is 3. The third-order valence-electron chi connectivity index (χ3n) is 4.45. The maximum atomic E-state index is 9.55. The molecule has 6 heteroatoms. The molecular weight excluding hydrogens is 252 g/mol. The molecule has 0 amide bonds. The first-order valence-corrected chi connectivity index (χ1v) is 7.41. The van der Waals surface area contributed by atoms with Crippen molar-refractivity contribution in [1.82, 2.24) is 25.0 Å². The lowest BCUT2D eigenvalue weighted by Crippen LogP contribution is -2.47. The lowest BCUT2D eigenvalue weighted by molar-refractivity contribution is 0.149. The van der Waals surface area contributed by atoms with Crippen LogP contribution in [0.5, 0.6) is 0 Å². The average Bonchev–Trinajstić information content (AvgIpc) is 3.04. The van der Waals surface area contributed by atoms with E-state index in [1.165, 1.54) is 0 Å². The highest BCUT2D eigenvalue weighted by Crippen LogP contribution is 2.34. The first-order valence-electron chi connectivity index (χ1n) is 7.41. The second-order valence-corrected chi connectivity index (χ2v) is 6.30. The number of nitrogens with zero attached hydrogens (tertiary/aromatic N) is 5. The molecule has 2 heterocycles. The summed E-state index contributed by atoms with van der Waals surface area (Å²) in [6, 6.07) is 3.34. The van der Waals surface area contributed by atoms with E-state index in [4.69, 9.17) is 0 Å². The Morgan fingerprint density at radius 2 is 2.35 bits per heavy atom. The van der Waals surface area contributed by atoms with Crippen LogP contribution in [0.25, 0.3) is 0 Å². The molecular formula is C14H22N6. The summed E-state index contributed by atoms with van der Waals surface area (Å²) in [6.07, 6.45) is 4.74. The molecule has 1 saturated carbocycles. The minimum atomic E-state index is -0.343. The Labute approximate surface area is 119 Å². The molecule has 20 heavy (non-hydrogen) atoms. The number of hydrogen-bond acceptors (Lipinski definition) is 5. The van der Waals surface area contributed by atoms with Crippen LogP contribution < -0.4 is 5.32 Å². The van der Waals surface area contributed by atoms with Crippen molar-refractivity contribution in [1.29, 1.82) is 5.26 Å². The molecule has 1 aliphatic carbocycles. The highest BCUT2D eigenvalue weighted by molar-refractivity contribution is 5.14. The second-order valence-electron chi connectivity index (χ2n) is 6.30. The van der Waals surface area contributed by atoms with Crippen LogP contribution in [-0.4, -0.2) is 43.8 Å². The van der Waals surface area contributed by atoms with E-state index >= 15 is 0 Å². The minimum absolute atomic E-state index is 0.343. The van der Waals surface area contributed by atoms with Gasteiger partial charge in [0.05, 0.1) is 12.6 Å². The van der Waals surface area contributed by atoms with Crippen LogP contribution in [0, 0.1) is 11.3 Å². The van der Waals surface area contributed by atoms with Crippen LogP contribution in [0.4, 0.5) is 0 Å². The van der Waals surface area contributed by atoms with Crippen LogP contribution in [-0.2, 0) is 13.1 Å². The quantitative estimate of drug-likeness (QED) is 0.887. The van der Waals surface area contributed by atoms with Gasteiger partial charge in [-0.15, -0.1) is 10.2 Å². The number of hydrogen-bond donors (Lipinski definition) is 1. The molecule has 3 rings (SSSR count). The second kappa shape index (κ2) is 5.15. The van der Waals surface area contributed by atoms with Crippen LogP contribution in [0.2, 0.25) is 0 Å². The van der Waals surface area contributed by atoms with E-state index in [0.717, 1.165) is 44.7 Å². The summed E-state index contributed by atoms with van der Waals surface area (Å²) in [6.45, 7) is 7.05. The van der Waals surface area contributed by atoms with Crippen LogP contribution >= 0.6 is 0 Å². The van der Waals surface area contributed by atoms with E-state index in [0.29, 0.717) is 12.1 Å². The molecule has 0 saturated heterocycles. The van der Waals surface area contributed by atoms with Gasteiger partial charge in [-0.25, -0.2) is 0 Å². The predicted octanol–water partition coefficient (Wildman–Crippen LogP) is 0.907. The van der Waals surface area contributed by atoms with Gasteiger partial charge in [0.25, 0.3) is 0 Å². The van der Waals surface area contributed by atoms with Gasteiger partial charge in [0.15, 0.2) is 0 Å². The number of aromatic nitrogens is 3. The van der Waals surface area contributed by atoms with Crippen LogP contribution in [0.1, 0.15) is 38.9 Å². The van der Waals surface area contributed by atoms with Gasteiger partial charge in [0.2, 0.25) is 0 Å². The molecule has 6 nitrogen and oxygen atoms in total. The van der Waals surface area contributed by atoms with E-state index in [2.05, 4.69) is 44.9 Å². The molecule has 0 spiro atoms. The van der Waals surface area contributed by atoms with Crippen molar-refractivity contribution in [2.75, 3.05) is 6.54 Å². The van der Waals surface area contributed by atoms with E-state index in [1.807, 2.05) is 0 Å². The van der Waals surface area contributed by atoms with Crippen molar-refractivity contribution >= 4 is 0 Å². The zero-order valence-electron chi connectivity index (χ0n) is 12.2. The standard InChI is InChI=1S/C14H22N6/c1-11(2)17-14(9-15)4-3-12(7-14)19-5-6-20-10-16-18-13(20)8-19/h10-12,17H,3-8H2,1-2H3. The topological polar surface area (TPSA) is 69.8 Å². The Morgan fingerprint density at radius 1 is 1.50 bits per heavy atom. The van der Waals surface area contributed by atoms with Crippen molar-refractivity contribution in [3.8, 4) is 6.07 Å². The van der Waals surface area contributed by atoms with Gasteiger partial charge in [-0.05, 0) is 33.1 Å². The largest absolute Gasteiger partial charge is 0.315 e. The van der Waals surface area contributed by atoms with Crippen molar-refractivity contribution in [2.24, 2.45) is 0 Å². The van der Waals surface area contributed by atoms with E-state index in [1.54, 1.807) is 6.33 Å². The van der Waals surface area contributed by atoms with Gasteiger partial charge in [0, 0.05) is 25.2 Å². The lowest BCUT2D eigenvalue weighted by Gasteiger charge is -2.33. The molecule has 2 unspecified atom stereocenters. The first kappa shape index (κ1) is 13.5. The Morgan fingerprint density at radius 3 is 3.10 bits per heavy atom. The van der Waals surface area contributed by atoms with Crippen molar-refractivity contribution < 1.29 is 0 Å². The van der Waals surface area contributed by atoms with Crippen molar-refractivity contribution in [3.05, 3.63) is 12.2 Å². The fourth-order valence-electron chi connectivity index (χ4n) is 3.55. The van der Waals surface area contributed by atoms with Crippen LogP contribution in [0.15, 0.2) is 6.33 Å². The summed E-state index contributed by atoms with van der Waals surface area (Å²) in [5, 5.41) is 21.2. The smallest absolute Gasteiger partial charge is 0.147 e. The van der Waals surface area contributed by atoms with Gasteiger partial charge < -0.3 is 4.57 Å². The number of nitriles is 1. The monoisotopic (exact) mass is 274 g/mol. The molecule has 1 aromatic rings. The van der Waals surface area contributed by atoms with E-state index in [9.17, 15) is 5.26 Å². The van der Waals surface area contributed by atoms with Gasteiger partial charge in [-0.2, -0.15) is 5.26 Å². The lowest BCUT2D eigenvalue weighted by atomic mass is 9.98. The van der Waals surface area contributed by atoms with Gasteiger partial charge >= 0.3 is 0 Å². The summed E-state index contributed by atoms with van der Waals surface area (Å²) >= 11 is 0. The molecule has 1 N–H and O–H groups in total. The third kappa shape index (κ3) is 2.43. The number of fused-ring (bicyclic) bond motifs is 1. The van der Waals surface area contributed by atoms with E-state index < -0.39 is 0 Å². The fourth-order valence-corrected chi connectivity index (χ4v) is 3.55. The normalized spacial score (nSPS) is 30.4.